The molecule has 1 heterocycles. The smallest absolute Gasteiger partial charge is 0.141 e. The van der Waals surface area contributed by atoms with Gasteiger partial charge in [0.25, 0.3) is 0 Å². The van der Waals surface area contributed by atoms with E-state index in [0.717, 1.165) is 31.7 Å². The van der Waals surface area contributed by atoms with Crippen molar-refractivity contribution in [3.05, 3.63) is 34.6 Å². The van der Waals surface area contributed by atoms with E-state index < -0.39 is 0 Å². The van der Waals surface area contributed by atoms with E-state index in [2.05, 4.69) is 17.1 Å². The quantitative estimate of drug-likeness (QED) is 0.856. The van der Waals surface area contributed by atoms with Crippen LogP contribution in [-0.2, 0) is 6.54 Å². The van der Waals surface area contributed by atoms with Gasteiger partial charge in [0.2, 0.25) is 0 Å². The van der Waals surface area contributed by atoms with E-state index in [4.69, 9.17) is 11.6 Å². The predicted molar refractivity (Wildman–Crippen MR) is 64.2 cm³/mol. The minimum absolute atomic E-state index is 0.209. The molecule has 0 saturated carbocycles. The third kappa shape index (κ3) is 2.73. The maximum absolute atomic E-state index is 13.0. The fraction of sp³-hybridized carbons (Fsp3) is 0.500. The standard InChI is InChI=1S/C12H16ClFN2/c1-9-7-15-4-5-16(9)8-10-2-3-12(14)11(13)6-10/h2-3,6,9,15H,4-5,7-8H2,1H3/t9-/m0/s1. The number of hydrogen-bond acceptors (Lipinski definition) is 2. The Bertz CT molecular complexity index is 370. The van der Waals surface area contributed by atoms with Crippen molar-refractivity contribution in [2.24, 2.45) is 0 Å². The van der Waals surface area contributed by atoms with Gasteiger partial charge in [0.1, 0.15) is 5.82 Å². The van der Waals surface area contributed by atoms with Gasteiger partial charge >= 0.3 is 0 Å². The molecule has 1 aliphatic rings. The monoisotopic (exact) mass is 242 g/mol. The van der Waals surface area contributed by atoms with Crippen LogP contribution < -0.4 is 5.32 Å². The zero-order chi connectivity index (χ0) is 11.5. The Balaban J connectivity index is 2.05. The Morgan fingerprint density at radius 1 is 1.56 bits per heavy atom. The van der Waals surface area contributed by atoms with Crippen molar-refractivity contribution >= 4 is 11.6 Å². The Morgan fingerprint density at radius 3 is 3.06 bits per heavy atom. The van der Waals surface area contributed by atoms with Crippen molar-refractivity contribution in [1.29, 1.82) is 0 Å². The third-order valence-corrected chi connectivity index (χ3v) is 3.30. The van der Waals surface area contributed by atoms with Crippen molar-refractivity contribution in [2.45, 2.75) is 19.5 Å². The van der Waals surface area contributed by atoms with Crippen LogP contribution in [-0.4, -0.2) is 30.6 Å². The summed E-state index contributed by atoms with van der Waals surface area (Å²) in [6, 6.07) is 5.46. The molecule has 4 heteroatoms. The van der Waals surface area contributed by atoms with Crippen molar-refractivity contribution in [3.63, 3.8) is 0 Å². The molecule has 0 aliphatic carbocycles. The zero-order valence-corrected chi connectivity index (χ0v) is 10.1. The molecule has 0 amide bonds. The second-order valence-electron chi connectivity index (χ2n) is 4.27. The summed E-state index contributed by atoms with van der Waals surface area (Å²) in [6.45, 7) is 6.07. The topological polar surface area (TPSA) is 15.3 Å². The highest BCUT2D eigenvalue weighted by molar-refractivity contribution is 6.30. The Kier molecular flexibility index (Phi) is 3.79. The first-order valence-corrected chi connectivity index (χ1v) is 5.93. The molecule has 1 saturated heterocycles. The molecule has 0 unspecified atom stereocenters. The maximum Gasteiger partial charge on any atom is 0.141 e. The lowest BCUT2D eigenvalue weighted by atomic mass is 10.1. The Morgan fingerprint density at radius 2 is 2.38 bits per heavy atom. The molecular formula is C12H16ClFN2. The Labute approximate surface area is 100 Å². The van der Waals surface area contributed by atoms with Gasteiger partial charge in [0, 0.05) is 32.2 Å². The molecule has 2 rings (SSSR count). The summed E-state index contributed by atoms with van der Waals surface area (Å²) in [5.41, 5.74) is 1.07. The first kappa shape index (κ1) is 11.8. The number of nitrogens with zero attached hydrogens (tertiary/aromatic N) is 1. The number of piperazine rings is 1. The van der Waals surface area contributed by atoms with Gasteiger partial charge in [-0.3, -0.25) is 4.90 Å². The van der Waals surface area contributed by atoms with Crippen molar-refractivity contribution < 1.29 is 4.39 Å². The van der Waals surface area contributed by atoms with Gasteiger partial charge in [0.05, 0.1) is 5.02 Å². The molecule has 16 heavy (non-hydrogen) atoms. The molecule has 1 aromatic rings. The average Bonchev–Trinajstić information content (AvgIpc) is 2.27. The van der Waals surface area contributed by atoms with Gasteiger partial charge in [-0.15, -0.1) is 0 Å². The Hall–Kier alpha value is -0.640. The van der Waals surface area contributed by atoms with Crippen LogP contribution >= 0.6 is 11.6 Å². The fourth-order valence-electron chi connectivity index (χ4n) is 1.99. The van der Waals surface area contributed by atoms with Crippen LogP contribution in [0.3, 0.4) is 0 Å². The van der Waals surface area contributed by atoms with Crippen LogP contribution in [0.2, 0.25) is 5.02 Å². The summed E-state index contributed by atoms with van der Waals surface area (Å²) in [4.78, 5) is 2.38. The molecule has 1 aromatic carbocycles. The average molecular weight is 243 g/mol. The highest BCUT2D eigenvalue weighted by atomic mass is 35.5. The number of rotatable bonds is 2. The number of hydrogen-bond donors (Lipinski definition) is 1. The van der Waals surface area contributed by atoms with Gasteiger partial charge in [0.15, 0.2) is 0 Å². The lowest BCUT2D eigenvalue weighted by Gasteiger charge is -2.33. The zero-order valence-electron chi connectivity index (χ0n) is 9.34. The van der Waals surface area contributed by atoms with E-state index in [0.29, 0.717) is 6.04 Å². The molecule has 0 spiro atoms. The predicted octanol–water partition coefficient (Wildman–Crippen LogP) is 2.27. The van der Waals surface area contributed by atoms with E-state index in [1.54, 1.807) is 12.1 Å². The van der Waals surface area contributed by atoms with Crippen molar-refractivity contribution in [3.8, 4) is 0 Å². The highest BCUT2D eigenvalue weighted by Gasteiger charge is 2.17. The minimum Gasteiger partial charge on any atom is -0.314 e. The van der Waals surface area contributed by atoms with Crippen LogP contribution in [0, 0.1) is 5.82 Å². The van der Waals surface area contributed by atoms with E-state index in [9.17, 15) is 4.39 Å². The molecule has 88 valence electrons. The summed E-state index contributed by atoms with van der Waals surface area (Å²) >= 11 is 5.76. The summed E-state index contributed by atoms with van der Waals surface area (Å²) in [5, 5.41) is 3.55. The molecule has 1 aliphatic heterocycles. The van der Waals surface area contributed by atoms with Crippen LogP contribution in [0.5, 0.6) is 0 Å². The summed E-state index contributed by atoms with van der Waals surface area (Å²) in [5.74, 6) is -0.348. The highest BCUT2D eigenvalue weighted by Crippen LogP contribution is 2.18. The molecule has 1 fully saturated rings. The number of nitrogens with one attached hydrogen (secondary N) is 1. The molecular weight excluding hydrogens is 227 g/mol. The molecule has 2 nitrogen and oxygen atoms in total. The number of benzene rings is 1. The SMILES string of the molecule is C[C@H]1CNCCN1Cc1ccc(F)c(Cl)c1. The van der Waals surface area contributed by atoms with Crippen LogP contribution in [0.25, 0.3) is 0 Å². The second kappa shape index (κ2) is 5.13. The summed E-state index contributed by atoms with van der Waals surface area (Å²) in [6.07, 6.45) is 0. The molecule has 1 N–H and O–H groups in total. The van der Waals surface area contributed by atoms with Gasteiger partial charge < -0.3 is 5.32 Å². The lowest BCUT2D eigenvalue weighted by molar-refractivity contribution is 0.165. The fourth-order valence-corrected chi connectivity index (χ4v) is 2.19. The molecule has 0 radical (unpaired) electrons. The van der Waals surface area contributed by atoms with Gasteiger partial charge in [-0.1, -0.05) is 17.7 Å². The van der Waals surface area contributed by atoms with Crippen molar-refractivity contribution in [2.75, 3.05) is 19.6 Å². The van der Waals surface area contributed by atoms with Gasteiger partial charge in [-0.25, -0.2) is 4.39 Å². The molecule has 1 atom stereocenters. The van der Waals surface area contributed by atoms with Crippen LogP contribution in [0.1, 0.15) is 12.5 Å². The van der Waals surface area contributed by atoms with E-state index >= 15 is 0 Å². The normalized spacial score (nSPS) is 22.3. The van der Waals surface area contributed by atoms with Crippen LogP contribution in [0.4, 0.5) is 4.39 Å². The van der Waals surface area contributed by atoms with Gasteiger partial charge in [-0.2, -0.15) is 0 Å². The lowest BCUT2D eigenvalue weighted by Crippen LogP contribution is -2.49. The van der Waals surface area contributed by atoms with Crippen LogP contribution in [0.15, 0.2) is 18.2 Å². The first-order valence-electron chi connectivity index (χ1n) is 5.55. The molecule has 0 bridgehead atoms. The van der Waals surface area contributed by atoms with Gasteiger partial charge in [-0.05, 0) is 24.6 Å². The molecule has 0 aromatic heterocycles. The largest absolute Gasteiger partial charge is 0.314 e. The third-order valence-electron chi connectivity index (χ3n) is 3.01. The second-order valence-corrected chi connectivity index (χ2v) is 4.68. The summed E-state index contributed by atoms with van der Waals surface area (Å²) < 4.78 is 13.0. The number of halogens is 2. The summed E-state index contributed by atoms with van der Waals surface area (Å²) in [7, 11) is 0. The maximum atomic E-state index is 13.0. The first-order chi connectivity index (χ1) is 7.66. The van der Waals surface area contributed by atoms with E-state index in [-0.39, 0.29) is 10.8 Å². The van der Waals surface area contributed by atoms with E-state index in [1.165, 1.54) is 6.07 Å². The van der Waals surface area contributed by atoms with Crippen molar-refractivity contribution in [1.82, 2.24) is 10.2 Å². The minimum atomic E-state index is -0.348. The van der Waals surface area contributed by atoms with E-state index in [1.807, 2.05) is 0 Å².